The van der Waals surface area contributed by atoms with E-state index in [1.807, 2.05) is 25.1 Å². The lowest BCUT2D eigenvalue weighted by Crippen LogP contribution is -2.10. The maximum atomic E-state index is 11.0. The van der Waals surface area contributed by atoms with Crippen LogP contribution in [0.2, 0.25) is 0 Å². The predicted molar refractivity (Wildman–Crippen MR) is 64.3 cm³/mol. The highest BCUT2D eigenvalue weighted by Crippen LogP contribution is 2.10. The highest BCUT2D eigenvalue weighted by Gasteiger charge is 2.18. The second-order valence-electron chi connectivity index (χ2n) is 3.92. The number of hydrogen-bond acceptors (Lipinski definition) is 4. The molecule has 0 aliphatic carbocycles. The lowest BCUT2D eigenvalue weighted by Gasteiger charge is -2.05. The average molecular weight is 246 g/mol. The van der Waals surface area contributed by atoms with Crippen molar-refractivity contribution < 1.29 is 9.90 Å². The molecule has 0 aliphatic heterocycles. The van der Waals surface area contributed by atoms with E-state index in [0.717, 1.165) is 12.1 Å². The van der Waals surface area contributed by atoms with E-state index in [9.17, 15) is 4.79 Å². The van der Waals surface area contributed by atoms with Gasteiger partial charge >= 0.3 is 5.97 Å². The summed E-state index contributed by atoms with van der Waals surface area (Å²) in [6.45, 7) is 2.43. The minimum atomic E-state index is -1.04. The maximum absolute atomic E-state index is 11.0. The third-order valence-electron chi connectivity index (χ3n) is 2.56. The summed E-state index contributed by atoms with van der Waals surface area (Å²) in [6.07, 6.45) is 3.18. The molecule has 2 aromatic heterocycles. The Hall–Kier alpha value is -2.24. The summed E-state index contributed by atoms with van der Waals surface area (Å²) in [5, 5.41) is 16.7. The van der Waals surface area contributed by atoms with Crippen molar-refractivity contribution in [3.8, 4) is 0 Å². The van der Waals surface area contributed by atoms with Crippen molar-refractivity contribution in [1.29, 1.82) is 0 Å². The van der Waals surface area contributed by atoms with Gasteiger partial charge in [0, 0.05) is 6.20 Å². The van der Waals surface area contributed by atoms with Crippen LogP contribution in [0.3, 0.4) is 0 Å². The van der Waals surface area contributed by atoms with Crippen molar-refractivity contribution >= 4 is 5.97 Å². The first-order valence-electron chi connectivity index (χ1n) is 5.78. The minimum Gasteiger partial charge on any atom is -0.476 e. The lowest BCUT2D eigenvalue weighted by molar-refractivity contribution is 0.0689. The Balaban J connectivity index is 2.30. The molecule has 18 heavy (non-hydrogen) atoms. The Morgan fingerprint density at radius 2 is 2.28 bits per heavy atom. The molecule has 0 unspecified atom stereocenters. The molecule has 0 saturated heterocycles. The SMILES string of the molecule is CCCc1c(C(=O)O)nnn1Cc1ccccn1. The van der Waals surface area contributed by atoms with Crippen LogP contribution in [0.15, 0.2) is 24.4 Å². The largest absolute Gasteiger partial charge is 0.476 e. The third-order valence-corrected chi connectivity index (χ3v) is 2.56. The molecule has 0 aromatic carbocycles. The fraction of sp³-hybridized carbons (Fsp3) is 0.333. The van der Waals surface area contributed by atoms with Gasteiger partial charge in [0.2, 0.25) is 0 Å². The van der Waals surface area contributed by atoms with Crippen molar-refractivity contribution in [2.75, 3.05) is 0 Å². The van der Waals surface area contributed by atoms with E-state index in [1.54, 1.807) is 10.9 Å². The van der Waals surface area contributed by atoms with Crippen LogP contribution in [-0.2, 0) is 13.0 Å². The Morgan fingerprint density at radius 3 is 2.89 bits per heavy atom. The zero-order valence-corrected chi connectivity index (χ0v) is 10.1. The van der Waals surface area contributed by atoms with Gasteiger partial charge < -0.3 is 5.11 Å². The van der Waals surface area contributed by atoms with E-state index in [4.69, 9.17) is 5.11 Å². The molecule has 2 rings (SSSR count). The topological polar surface area (TPSA) is 80.9 Å². The fourth-order valence-corrected chi connectivity index (χ4v) is 1.76. The Bertz CT molecular complexity index is 536. The molecular weight excluding hydrogens is 232 g/mol. The van der Waals surface area contributed by atoms with Gasteiger partial charge in [0.25, 0.3) is 0 Å². The van der Waals surface area contributed by atoms with Gasteiger partial charge in [-0.3, -0.25) is 4.98 Å². The average Bonchev–Trinajstić information content (AvgIpc) is 2.74. The minimum absolute atomic E-state index is 0.0350. The highest BCUT2D eigenvalue weighted by molar-refractivity contribution is 5.86. The van der Waals surface area contributed by atoms with E-state index in [0.29, 0.717) is 18.7 Å². The Kier molecular flexibility index (Phi) is 3.66. The molecule has 94 valence electrons. The van der Waals surface area contributed by atoms with Crippen molar-refractivity contribution in [3.05, 3.63) is 41.5 Å². The van der Waals surface area contributed by atoms with Gasteiger partial charge in [-0.1, -0.05) is 24.6 Å². The molecule has 0 bridgehead atoms. The van der Waals surface area contributed by atoms with E-state index < -0.39 is 5.97 Å². The summed E-state index contributed by atoms with van der Waals surface area (Å²) in [5.74, 6) is -1.04. The fourth-order valence-electron chi connectivity index (χ4n) is 1.76. The first-order valence-corrected chi connectivity index (χ1v) is 5.78. The molecule has 6 heteroatoms. The van der Waals surface area contributed by atoms with Crippen molar-refractivity contribution in [1.82, 2.24) is 20.0 Å². The zero-order valence-electron chi connectivity index (χ0n) is 10.1. The summed E-state index contributed by atoms with van der Waals surface area (Å²) < 4.78 is 1.61. The summed E-state index contributed by atoms with van der Waals surface area (Å²) in [4.78, 5) is 15.2. The summed E-state index contributed by atoms with van der Waals surface area (Å²) >= 11 is 0. The second kappa shape index (κ2) is 5.39. The third kappa shape index (κ3) is 2.53. The maximum Gasteiger partial charge on any atom is 0.358 e. The monoisotopic (exact) mass is 246 g/mol. The van der Waals surface area contributed by atoms with Gasteiger partial charge in [-0.05, 0) is 18.6 Å². The molecule has 0 saturated carbocycles. The van der Waals surface area contributed by atoms with Crippen LogP contribution in [0, 0.1) is 0 Å². The molecule has 1 N–H and O–H groups in total. The number of aromatic nitrogens is 4. The van der Waals surface area contributed by atoms with Crippen molar-refractivity contribution in [2.24, 2.45) is 0 Å². The smallest absolute Gasteiger partial charge is 0.358 e. The van der Waals surface area contributed by atoms with Crippen LogP contribution in [0.4, 0.5) is 0 Å². The summed E-state index contributed by atoms with van der Waals surface area (Å²) in [6, 6.07) is 5.59. The summed E-state index contributed by atoms with van der Waals surface area (Å²) in [5.41, 5.74) is 1.51. The first-order chi connectivity index (χ1) is 8.72. The number of carboxylic acids is 1. The predicted octanol–water partition coefficient (Wildman–Crippen LogP) is 1.37. The molecule has 2 heterocycles. The number of carboxylic acid groups (broad SMARTS) is 1. The Morgan fingerprint density at radius 1 is 1.44 bits per heavy atom. The van der Waals surface area contributed by atoms with E-state index in [1.165, 1.54) is 0 Å². The van der Waals surface area contributed by atoms with E-state index in [-0.39, 0.29) is 5.69 Å². The van der Waals surface area contributed by atoms with Crippen LogP contribution in [0.1, 0.15) is 35.2 Å². The second-order valence-corrected chi connectivity index (χ2v) is 3.92. The van der Waals surface area contributed by atoms with Gasteiger partial charge in [-0.25, -0.2) is 9.48 Å². The van der Waals surface area contributed by atoms with Crippen LogP contribution >= 0.6 is 0 Å². The number of rotatable bonds is 5. The Labute approximate surface area is 104 Å². The van der Waals surface area contributed by atoms with Crippen LogP contribution in [0.25, 0.3) is 0 Å². The molecular formula is C12H14N4O2. The van der Waals surface area contributed by atoms with Gasteiger partial charge in [0.1, 0.15) is 0 Å². The quantitative estimate of drug-likeness (QED) is 0.861. The normalized spacial score (nSPS) is 10.5. The molecule has 0 spiro atoms. The van der Waals surface area contributed by atoms with Gasteiger partial charge in [-0.15, -0.1) is 5.10 Å². The van der Waals surface area contributed by atoms with Gasteiger partial charge in [0.15, 0.2) is 5.69 Å². The standard InChI is InChI=1S/C12H14N4O2/c1-2-5-10-11(12(17)18)14-15-16(10)8-9-6-3-4-7-13-9/h3-4,6-7H,2,5,8H2,1H3,(H,17,18). The van der Waals surface area contributed by atoms with Crippen LogP contribution < -0.4 is 0 Å². The van der Waals surface area contributed by atoms with Gasteiger partial charge in [0.05, 0.1) is 17.9 Å². The number of nitrogens with zero attached hydrogens (tertiary/aromatic N) is 4. The molecule has 0 radical (unpaired) electrons. The van der Waals surface area contributed by atoms with Gasteiger partial charge in [-0.2, -0.15) is 0 Å². The molecule has 6 nitrogen and oxygen atoms in total. The van der Waals surface area contributed by atoms with Crippen LogP contribution in [0.5, 0.6) is 0 Å². The lowest BCUT2D eigenvalue weighted by atomic mass is 10.2. The number of carbonyl (C=O) groups is 1. The van der Waals surface area contributed by atoms with Crippen molar-refractivity contribution in [3.63, 3.8) is 0 Å². The number of hydrogen-bond donors (Lipinski definition) is 1. The summed E-state index contributed by atoms with van der Waals surface area (Å²) in [7, 11) is 0. The van der Waals surface area contributed by atoms with Crippen LogP contribution in [-0.4, -0.2) is 31.1 Å². The molecule has 0 atom stereocenters. The zero-order chi connectivity index (χ0) is 13.0. The number of aromatic carboxylic acids is 1. The first kappa shape index (κ1) is 12.2. The van der Waals surface area contributed by atoms with Crippen molar-refractivity contribution in [2.45, 2.75) is 26.3 Å². The molecule has 0 aliphatic rings. The highest BCUT2D eigenvalue weighted by atomic mass is 16.4. The number of pyridine rings is 1. The van der Waals surface area contributed by atoms with E-state index in [2.05, 4.69) is 15.3 Å². The van der Waals surface area contributed by atoms with E-state index >= 15 is 0 Å². The molecule has 0 amide bonds. The molecule has 0 fully saturated rings. The molecule has 2 aromatic rings.